The fraction of sp³-hybridized carbons (Fsp3) is 0.471. The van der Waals surface area contributed by atoms with E-state index in [2.05, 4.69) is 35.3 Å². The molecule has 1 saturated carbocycles. The molecule has 1 aliphatic rings. The van der Waals surface area contributed by atoms with Gasteiger partial charge in [0.15, 0.2) is 5.82 Å². The molecule has 0 atom stereocenters. The summed E-state index contributed by atoms with van der Waals surface area (Å²) < 4.78 is 7.85. The highest BCUT2D eigenvalue weighted by molar-refractivity contribution is 7.98. The van der Waals surface area contributed by atoms with E-state index in [9.17, 15) is 0 Å². The standard InChI is InChI=1S/C17H21N7OS/c1-2-4-13(5-3-1)24-12-20-21-15(24)10-19-17-23-22-16(25-17)11-26-14-6-8-18-9-7-14/h6-9,12-13H,1-5,10-11H2,(H,19,23). The number of rotatable bonds is 7. The number of anilines is 1. The molecule has 1 aliphatic carbocycles. The van der Waals surface area contributed by atoms with Crippen molar-refractivity contribution in [1.29, 1.82) is 0 Å². The van der Waals surface area contributed by atoms with E-state index < -0.39 is 0 Å². The summed E-state index contributed by atoms with van der Waals surface area (Å²) in [6.07, 6.45) is 11.6. The molecule has 0 spiro atoms. The zero-order chi connectivity index (χ0) is 17.6. The fourth-order valence-corrected chi connectivity index (χ4v) is 3.90. The quantitative estimate of drug-likeness (QED) is 0.631. The molecule has 3 aromatic rings. The van der Waals surface area contributed by atoms with Crippen molar-refractivity contribution in [3.63, 3.8) is 0 Å². The molecule has 0 aliphatic heterocycles. The summed E-state index contributed by atoms with van der Waals surface area (Å²) in [5.41, 5.74) is 0. The molecule has 1 fully saturated rings. The summed E-state index contributed by atoms with van der Waals surface area (Å²) in [6, 6.07) is 4.83. The SMILES string of the molecule is c1cc(SCc2nnc(NCc3nncn3C3CCCCC3)o2)ccn1. The van der Waals surface area contributed by atoms with E-state index in [0.717, 1.165) is 10.7 Å². The van der Waals surface area contributed by atoms with Gasteiger partial charge in [0, 0.05) is 23.3 Å². The normalized spacial score (nSPS) is 15.2. The number of aromatic nitrogens is 6. The van der Waals surface area contributed by atoms with Crippen molar-refractivity contribution in [3.05, 3.63) is 42.6 Å². The van der Waals surface area contributed by atoms with E-state index >= 15 is 0 Å². The van der Waals surface area contributed by atoms with Gasteiger partial charge in [-0.25, -0.2) is 0 Å². The number of thioether (sulfide) groups is 1. The second kappa shape index (κ2) is 8.31. The Hall–Kier alpha value is -2.42. The Balaban J connectivity index is 1.31. The molecule has 0 bridgehead atoms. The van der Waals surface area contributed by atoms with Gasteiger partial charge in [0.05, 0.1) is 12.3 Å². The lowest BCUT2D eigenvalue weighted by Crippen LogP contribution is -2.16. The van der Waals surface area contributed by atoms with E-state index in [1.165, 1.54) is 32.1 Å². The van der Waals surface area contributed by atoms with Crippen LogP contribution in [0.4, 0.5) is 6.01 Å². The van der Waals surface area contributed by atoms with Crippen molar-refractivity contribution >= 4 is 17.8 Å². The summed E-state index contributed by atoms with van der Waals surface area (Å²) in [6.45, 7) is 0.523. The molecular formula is C17H21N7OS. The van der Waals surface area contributed by atoms with Crippen LogP contribution in [0.1, 0.15) is 49.9 Å². The molecule has 4 rings (SSSR count). The summed E-state index contributed by atoms with van der Waals surface area (Å²) in [7, 11) is 0. The third kappa shape index (κ3) is 4.21. The van der Waals surface area contributed by atoms with E-state index in [1.54, 1.807) is 24.2 Å². The van der Waals surface area contributed by atoms with Crippen LogP contribution in [-0.4, -0.2) is 29.9 Å². The van der Waals surface area contributed by atoms with Gasteiger partial charge in [-0.2, -0.15) is 0 Å². The minimum absolute atomic E-state index is 0.411. The molecule has 0 aromatic carbocycles. The summed E-state index contributed by atoms with van der Waals surface area (Å²) in [5.74, 6) is 2.11. The lowest BCUT2D eigenvalue weighted by molar-refractivity contribution is 0.346. The van der Waals surface area contributed by atoms with Gasteiger partial charge in [0.25, 0.3) is 0 Å². The van der Waals surface area contributed by atoms with Crippen LogP contribution in [-0.2, 0) is 12.3 Å². The second-order valence-corrected chi connectivity index (χ2v) is 7.32. The maximum absolute atomic E-state index is 5.66. The Kier molecular flexibility index (Phi) is 5.44. The van der Waals surface area contributed by atoms with Gasteiger partial charge in [-0.15, -0.1) is 27.1 Å². The zero-order valence-electron chi connectivity index (χ0n) is 14.4. The topological polar surface area (TPSA) is 94.6 Å². The highest BCUT2D eigenvalue weighted by Gasteiger charge is 2.18. The molecule has 0 saturated heterocycles. The third-order valence-electron chi connectivity index (χ3n) is 4.49. The van der Waals surface area contributed by atoms with Crippen molar-refractivity contribution in [2.75, 3.05) is 5.32 Å². The van der Waals surface area contributed by atoms with Crippen molar-refractivity contribution in [2.45, 2.75) is 55.3 Å². The first kappa shape index (κ1) is 17.0. The number of hydrogen-bond donors (Lipinski definition) is 1. The highest BCUT2D eigenvalue weighted by atomic mass is 32.2. The lowest BCUT2D eigenvalue weighted by Gasteiger charge is -2.23. The van der Waals surface area contributed by atoms with Crippen LogP contribution in [0.15, 0.2) is 40.2 Å². The minimum atomic E-state index is 0.411. The van der Waals surface area contributed by atoms with Crippen LogP contribution in [0.5, 0.6) is 0 Å². The molecular weight excluding hydrogens is 350 g/mol. The molecule has 0 amide bonds. The largest absolute Gasteiger partial charge is 0.407 e. The van der Waals surface area contributed by atoms with Gasteiger partial charge < -0.3 is 14.3 Å². The molecule has 9 heteroatoms. The van der Waals surface area contributed by atoms with Crippen LogP contribution >= 0.6 is 11.8 Å². The Bertz CT molecular complexity index is 813. The first-order valence-corrected chi connectivity index (χ1v) is 9.84. The zero-order valence-corrected chi connectivity index (χ0v) is 15.2. The van der Waals surface area contributed by atoms with Crippen LogP contribution in [0.25, 0.3) is 0 Å². The van der Waals surface area contributed by atoms with Crippen LogP contribution in [0.3, 0.4) is 0 Å². The maximum atomic E-state index is 5.66. The van der Waals surface area contributed by atoms with Gasteiger partial charge >= 0.3 is 6.01 Å². The first-order chi connectivity index (χ1) is 12.9. The molecule has 1 N–H and O–H groups in total. The fourth-order valence-electron chi connectivity index (χ4n) is 3.17. The summed E-state index contributed by atoms with van der Waals surface area (Å²) >= 11 is 1.63. The molecule has 3 aromatic heterocycles. The predicted octanol–water partition coefficient (Wildman–Crippen LogP) is 3.47. The maximum Gasteiger partial charge on any atom is 0.315 e. The van der Waals surface area contributed by atoms with Gasteiger partial charge in [-0.3, -0.25) is 4.98 Å². The molecule has 3 heterocycles. The summed E-state index contributed by atoms with van der Waals surface area (Å²) in [4.78, 5) is 5.12. The van der Waals surface area contributed by atoms with Gasteiger partial charge in [0.2, 0.25) is 5.89 Å². The second-order valence-electron chi connectivity index (χ2n) is 6.27. The Morgan fingerprint density at radius 3 is 2.81 bits per heavy atom. The Morgan fingerprint density at radius 2 is 1.96 bits per heavy atom. The molecule has 26 heavy (non-hydrogen) atoms. The first-order valence-electron chi connectivity index (χ1n) is 8.86. The van der Waals surface area contributed by atoms with Crippen molar-refractivity contribution in [1.82, 2.24) is 29.9 Å². The predicted molar refractivity (Wildman–Crippen MR) is 97.6 cm³/mol. The van der Waals surface area contributed by atoms with Crippen molar-refractivity contribution < 1.29 is 4.42 Å². The smallest absolute Gasteiger partial charge is 0.315 e. The number of nitrogens with zero attached hydrogens (tertiary/aromatic N) is 6. The average Bonchev–Trinajstić information content (AvgIpc) is 3.35. The number of hydrogen-bond acceptors (Lipinski definition) is 8. The monoisotopic (exact) mass is 371 g/mol. The third-order valence-corrected chi connectivity index (χ3v) is 5.49. The van der Waals surface area contributed by atoms with Crippen LogP contribution < -0.4 is 5.32 Å². The van der Waals surface area contributed by atoms with Gasteiger partial charge in [0.1, 0.15) is 6.33 Å². The van der Waals surface area contributed by atoms with E-state index in [-0.39, 0.29) is 0 Å². The van der Waals surface area contributed by atoms with Gasteiger partial charge in [-0.1, -0.05) is 24.4 Å². The lowest BCUT2D eigenvalue weighted by atomic mass is 9.95. The van der Waals surface area contributed by atoms with Crippen LogP contribution in [0, 0.1) is 0 Å². The van der Waals surface area contributed by atoms with Crippen molar-refractivity contribution in [3.8, 4) is 0 Å². The molecule has 8 nitrogen and oxygen atoms in total. The van der Waals surface area contributed by atoms with Crippen molar-refractivity contribution in [2.24, 2.45) is 0 Å². The minimum Gasteiger partial charge on any atom is -0.407 e. The molecule has 136 valence electrons. The van der Waals surface area contributed by atoms with Gasteiger partial charge in [-0.05, 0) is 25.0 Å². The highest BCUT2D eigenvalue weighted by Crippen LogP contribution is 2.28. The van der Waals surface area contributed by atoms with E-state index in [1.807, 2.05) is 18.5 Å². The summed E-state index contributed by atoms with van der Waals surface area (Å²) in [5, 5.41) is 19.6. The van der Waals surface area contributed by atoms with E-state index in [0.29, 0.717) is 30.2 Å². The Labute approximate surface area is 155 Å². The Morgan fingerprint density at radius 1 is 1.12 bits per heavy atom. The van der Waals surface area contributed by atoms with Crippen LogP contribution in [0.2, 0.25) is 0 Å². The van der Waals surface area contributed by atoms with E-state index in [4.69, 9.17) is 4.42 Å². The number of nitrogens with one attached hydrogen (secondary N) is 1. The molecule has 0 unspecified atom stereocenters. The molecule has 0 radical (unpaired) electrons. The average molecular weight is 371 g/mol. The number of pyridine rings is 1.